The Labute approximate surface area is 162 Å². The third-order valence-electron chi connectivity index (χ3n) is 5.18. The SMILES string of the molecule is Cl.NC1C2CCCC1CC(C(=O)Nc1c(O)c(Cl)cc(Cl)c1Cl)C2. The Kier molecular flexibility index (Phi) is 6.54. The molecule has 0 aliphatic heterocycles. The molecule has 2 fully saturated rings. The zero-order valence-electron chi connectivity index (χ0n) is 12.9. The molecule has 1 amide bonds. The van der Waals surface area contributed by atoms with Crippen molar-refractivity contribution < 1.29 is 9.90 Å². The standard InChI is InChI=1S/C16H19Cl3N2O2.ClH/c17-10-6-11(18)15(22)14(12(10)19)21-16(23)9-4-7-2-1-3-8(5-9)13(7)20;/h6-9,13,22H,1-5,20H2,(H,21,23);1H. The molecule has 3 rings (SSSR count). The van der Waals surface area contributed by atoms with Gasteiger partial charge in [-0.2, -0.15) is 0 Å². The van der Waals surface area contributed by atoms with Gasteiger partial charge in [-0.15, -0.1) is 12.4 Å². The van der Waals surface area contributed by atoms with E-state index in [1.165, 1.54) is 12.5 Å². The molecule has 8 heteroatoms. The van der Waals surface area contributed by atoms with Crippen LogP contribution < -0.4 is 11.1 Å². The Morgan fingerprint density at radius 3 is 2.33 bits per heavy atom. The van der Waals surface area contributed by atoms with Crippen molar-refractivity contribution in [1.29, 1.82) is 0 Å². The smallest absolute Gasteiger partial charge is 0.227 e. The van der Waals surface area contributed by atoms with Crippen molar-refractivity contribution in [3.05, 3.63) is 21.1 Å². The maximum absolute atomic E-state index is 12.6. The number of carbonyl (C=O) groups excluding carboxylic acids is 1. The molecule has 0 aromatic heterocycles. The molecule has 0 saturated heterocycles. The quantitative estimate of drug-likeness (QED) is 0.478. The molecular formula is C16H20Cl4N2O2. The highest BCUT2D eigenvalue weighted by molar-refractivity contribution is 6.46. The van der Waals surface area contributed by atoms with Crippen LogP contribution in [0.1, 0.15) is 32.1 Å². The van der Waals surface area contributed by atoms with Crippen molar-refractivity contribution in [2.45, 2.75) is 38.1 Å². The Morgan fingerprint density at radius 1 is 1.17 bits per heavy atom. The van der Waals surface area contributed by atoms with Crippen LogP contribution in [0.2, 0.25) is 15.1 Å². The van der Waals surface area contributed by atoms with E-state index in [1.54, 1.807) is 0 Å². The summed E-state index contributed by atoms with van der Waals surface area (Å²) in [7, 11) is 0. The summed E-state index contributed by atoms with van der Waals surface area (Å²) < 4.78 is 0. The number of nitrogens with one attached hydrogen (secondary N) is 1. The van der Waals surface area contributed by atoms with Gasteiger partial charge in [0.05, 0.1) is 15.1 Å². The molecule has 4 N–H and O–H groups in total. The number of aromatic hydroxyl groups is 1. The Morgan fingerprint density at radius 2 is 1.75 bits per heavy atom. The second kappa shape index (κ2) is 7.88. The molecule has 0 heterocycles. The van der Waals surface area contributed by atoms with E-state index in [9.17, 15) is 9.90 Å². The van der Waals surface area contributed by atoms with E-state index in [-0.39, 0.29) is 56.8 Å². The molecule has 1 aromatic carbocycles. The maximum atomic E-state index is 12.6. The van der Waals surface area contributed by atoms with Crippen LogP contribution in [0, 0.1) is 17.8 Å². The number of anilines is 1. The van der Waals surface area contributed by atoms with Gasteiger partial charge in [0.15, 0.2) is 5.75 Å². The van der Waals surface area contributed by atoms with E-state index in [2.05, 4.69) is 5.32 Å². The number of benzene rings is 1. The summed E-state index contributed by atoms with van der Waals surface area (Å²) in [6, 6.07) is 1.55. The molecule has 2 bridgehead atoms. The van der Waals surface area contributed by atoms with Crippen molar-refractivity contribution in [3.8, 4) is 5.75 Å². The third-order valence-corrected chi connectivity index (χ3v) is 6.25. The van der Waals surface area contributed by atoms with Gasteiger partial charge in [-0.1, -0.05) is 41.2 Å². The van der Waals surface area contributed by atoms with Crippen LogP contribution in [0.25, 0.3) is 0 Å². The van der Waals surface area contributed by atoms with Gasteiger partial charge in [0, 0.05) is 12.0 Å². The van der Waals surface area contributed by atoms with Gasteiger partial charge in [0.2, 0.25) is 5.91 Å². The average molecular weight is 414 g/mol. The van der Waals surface area contributed by atoms with Crippen LogP contribution in [0.4, 0.5) is 5.69 Å². The van der Waals surface area contributed by atoms with Crippen molar-refractivity contribution in [2.75, 3.05) is 5.32 Å². The Balaban J connectivity index is 0.00000208. The summed E-state index contributed by atoms with van der Waals surface area (Å²) in [6.45, 7) is 0. The van der Waals surface area contributed by atoms with Crippen LogP contribution in [0.15, 0.2) is 6.07 Å². The number of halogens is 4. The molecule has 2 aliphatic rings. The molecule has 24 heavy (non-hydrogen) atoms. The van der Waals surface area contributed by atoms with Crippen LogP contribution in [0.3, 0.4) is 0 Å². The zero-order chi connectivity index (χ0) is 16.7. The Hall–Kier alpha value is -0.390. The predicted octanol–water partition coefficient (Wildman–Crippen LogP) is 4.87. The number of fused-ring (bicyclic) bond motifs is 2. The van der Waals surface area contributed by atoms with Gasteiger partial charge in [0.1, 0.15) is 5.69 Å². The summed E-state index contributed by atoms with van der Waals surface area (Å²) in [5, 5.41) is 13.1. The average Bonchev–Trinajstić information content (AvgIpc) is 2.49. The highest BCUT2D eigenvalue weighted by atomic mass is 35.5. The minimum atomic E-state index is -0.262. The molecule has 2 saturated carbocycles. The summed E-state index contributed by atoms with van der Waals surface area (Å²) >= 11 is 17.9. The highest BCUT2D eigenvalue weighted by Crippen LogP contribution is 2.45. The number of phenols is 1. The van der Waals surface area contributed by atoms with Crippen molar-refractivity contribution in [1.82, 2.24) is 0 Å². The monoisotopic (exact) mass is 412 g/mol. The van der Waals surface area contributed by atoms with E-state index >= 15 is 0 Å². The fourth-order valence-corrected chi connectivity index (χ4v) is 4.58. The zero-order valence-corrected chi connectivity index (χ0v) is 16.0. The number of carbonyl (C=O) groups is 1. The van der Waals surface area contributed by atoms with Crippen molar-refractivity contribution >= 4 is 58.8 Å². The van der Waals surface area contributed by atoms with Crippen molar-refractivity contribution in [3.63, 3.8) is 0 Å². The summed E-state index contributed by atoms with van der Waals surface area (Å²) in [4.78, 5) is 12.6. The maximum Gasteiger partial charge on any atom is 0.227 e. The first-order valence-corrected chi connectivity index (χ1v) is 8.94. The van der Waals surface area contributed by atoms with E-state index in [0.29, 0.717) is 11.8 Å². The lowest BCUT2D eigenvalue weighted by molar-refractivity contribution is -0.122. The minimum absolute atomic E-state index is 0. The molecule has 2 aliphatic carbocycles. The van der Waals surface area contributed by atoms with E-state index in [1.807, 2.05) is 0 Å². The lowest BCUT2D eigenvalue weighted by Gasteiger charge is -2.43. The first-order valence-electron chi connectivity index (χ1n) is 7.81. The number of hydrogen-bond acceptors (Lipinski definition) is 3. The first-order chi connectivity index (χ1) is 10.9. The lowest BCUT2D eigenvalue weighted by Crippen LogP contribution is -2.48. The number of phenolic OH excluding ortho intramolecular Hbond substituents is 1. The van der Waals surface area contributed by atoms with Gasteiger partial charge in [-0.05, 0) is 43.6 Å². The molecule has 2 atom stereocenters. The second-order valence-electron chi connectivity index (χ2n) is 6.56. The summed E-state index contributed by atoms with van der Waals surface area (Å²) in [5.41, 5.74) is 6.34. The largest absolute Gasteiger partial charge is 0.504 e. The minimum Gasteiger partial charge on any atom is -0.504 e. The van der Waals surface area contributed by atoms with Gasteiger partial charge in [0.25, 0.3) is 0 Å². The molecule has 2 unspecified atom stereocenters. The predicted molar refractivity (Wildman–Crippen MR) is 101 cm³/mol. The van der Waals surface area contributed by atoms with E-state index in [0.717, 1.165) is 25.7 Å². The number of rotatable bonds is 2. The van der Waals surface area contributed by atoms with Crippen LogP contribution in [0.5, 0.6) is 5.75 Å². The summed E-state index contributed by atoms with van der Waals surface area (Å²) in [5.74, 6) is 0.236. The van der Waals surface area contributed by atoms with Crippen LogP contribution >= 0.6 is 47.2 Å². The first kappa shape index (κ1) is 19.9. The van der Waals surface area contributed by atoms with E-state index in [4.69, 9.17) is 40.5 Å². The van der Waals surface area contributed by atoms with Crippen LogP contribution in [-0.4, -0.2) is 17.1 Å². The Bertz CT molecular complexity index is 601. The second-order valence-corrected chi connectivity index (χ2v) is 7.76. The molecule has 134 valence electrons. The van der Waals surface area contributed by atoms with Gasteiger partial charge in [-0.3, -0.25) is 4.79 Å². The number of hydrogen-bond donors (Lipinski definition) is 3. The number of amides is 1. The highest BCUT2D eigenvalue weighted by Gasteiger charge is 2.40. The molecule has 4 nitrogen and oxygen atoms in total. The lowest BCUT2D eigenvalue weighted by atomic mass is 9.65. The normalized spacial score (nSPS) is 28.8. The molecule has 0 spiro atoms. The molecular weight excluding hydrogens is 394 g/mol. The van der Waals surface area contributed by atoms with E-state index < -0.39 is 0 Å². The fourth-order valence-electron chi connectivity index (χ4n) is 3.93. The molecule has 1 aromatic rings. The third kappa shape index (κ3) is 3.73. The van der Waals surface area contributed by atoms with Gasteiger partial charge < -0.3 is 16.2 Å². The van der Waals surface area contributed by atoms with Gasteiger partial charge in [-0.25, -0.2) is 0 Å². The topological polar surface area (TPSA) is 75.4 Å². The fraction of sp³-hybridized carbons (Fsp3) is 0.562. The summed E-state index contributed by atoms with van der Waals surface area (Å²) in [6.07, 6.45) is 4.90. The number of nitrogens with two attached hydrogens (primary N) is 1. The van der Waals surface area contributed by atoms with Crippen molar-refractivity contribution in [2.24, 2.45) is 23.5 Å². The molecule has 0 radical (unpaired) electrons. The van der Waals surface area contributed by atoms with Crippen LogP contribution in [-0.2, 0) is 4.79 Å². The van der Waals surface area contributed by atoms with Gasteiger partial charge >= 0.3 is 0 Å².